The molecule has 0 radical (unpaired) electrons. The topological polar surface area (TPSA) is 68.8 Å². The molecule has 2 aromatic carbocycles. The maximum Gasteiger partial charge on any atom is 0.221 e. The van der Waals surface area contributed by atoms with Gasteiger partial charge in [0.05, 0.1) is 0 Å². The molecule has 3 N–H and O–H groups in total. The summed E-state index contributed by atoms with van der Waals surface area (Å²) in [7, 11) is 3.96. The maximum absolute atomic E-state index is 11.1. The van der Waals surface area contributed by atoms with E-state index in [0.717, 1.165) is 44.1 Å². The van der Waals surface area contributed by atoms with E-state index in [4.69, 9.17) is 0 Å². The zero-order valence-electron chi connectivity index (χ0n) is 19.0. The normalized spacial score (nSPS) is 12.1. The highest BCUT2D eigenvalue weighted by Gasteiger charge is 2.09. The molecule has 1 unspecified atom stereocenters. The Morgan fingerprint density at radius 1 is 1.00 bits per heavy atom. The first-order valence-corrected chi connectivity index (χ1v) is 10.5. The number of anilines is 1. The minimum absolute atomic E-state index is 0. The van der Waals surface area contributed by atoms with Gasteiger partial charge >= 0.3 is 0 Å². The van der Waals surface area contributed by atoms with Crippen molar-refractivity contribution in [1.82, 2.24) is 15.5 Å². The van der Waals surface area contributed by atoms with Crippen molar-refractivity contribution < 1.29 is 4.79 Å². The van der Waals surface area contributed by atoms with Crippen molar-refractivity contribution in [1.29, 1.82) is 0 Å². The van der Waals surface area contributed by atoms with Crippen LogP contribution in [0.2, 0.25) is 0 Å². The molecule has 0 aromatic heterocycles. The predicted molar refractivity (Wildman–Crippen MR) is 141 cm³/mol. The molecule has 0 saturated carbocycles. The number of hydrogen-bond donors (Lipinski definition) is 3. The Hall–Kier alpha value is -2.13. The van der Waals surface area contributed by atoms with Crippen LogP contribution in [0.4, 0.5) is 5.69 Å². The zero-order chi connectivity index (χ0) is 21.8. The molecule has 0 bridgehead atoms. The molecule has 0 saturated heterocycles. The van der Waals surface area contributed by atoms with Crippen LogP contribution in [0.25, 0.3) is 0 Å². The maximum atomic E-state index is 11.1. The molecule has 0 heterocycles. The second kappa shape index (κ2) is 14.8. The third kappa shape index (κ3) is 10.6. The number of nitrogens with zero attached hydrogens (tertiary/aromatic N) is 2. The SMILES string of the molecule is CN=C(NCCc1ccc(NC(C)=O)cc1)NCCC(C)N(C)Cc1ccccc1.I. The molecule has 2 aromatic rings. The highest BCUT2D eigenvalue weighted by Crippen LogP contribution is 2.10. The van der Waals surface area contributed by atoms with E-state index in [0.29, 0.717) is 6.04 Å². The molecule has 1 atom stereocenters. The first kappa shape index (κ1) is 26.9. The number of rotatable bonds is 10. The summed E-state index contributed by atoms with van der Waals surface area (Å²) >= 11 is 0. The fourth-order valence-corrected chi connectivity index (χ4v) is 3.15. The van der Waals surface area contributed by atoms with Crippen molar-refractivity contribution in [3.05, 3.63) is 65.7 Å². The van der Waals surface area contributed by atoms with Crippen LogP contribution in [0.15, 0.2) is 59.6 Å². The molecule has 7 heteroatoms. The van der Waals surface area contributed by atoms with Gasteiger partial charge in [-0.25, -0.2) is 0 Å². The smallest absolute Gasteiger partial charge is 0.221 e. The number of benzene rings is 2. The molecule has 1 amide bonds. The average molecular weight is 537 g/mol. The predicted octanol–water partition coefficient (Wildman–Crippen LogP) is 3.88. The number of aliphatic imine (C=N–C) groups is 1. The standard InChI is InChI=1S/C24H35N5O.HI/c1-19(29(4)18-22-8-6-5-7-9-22)14-16-26-24(25-3)27-17-15-21-10-12-23(13-11-21)28-20(2)30;/h5-13,19H,14-18H2,1-4H3,(H,28,30)(H2,25,26,27);1H. The molecular formula is C24H36IN5O. The first-order valence-electron chi connectivity index (χ1n) is 10.5. The van der Waals surface area contributed by atoms with Crippen LogP contribution in [0, 0.1) is 0 Å². The summed E-state index contributed by atoms with van der Waals surface area (Å²) in [6.07, 6.45) is 1.92. The second-order valence-electron chi connectivity index (χ2n) is 7.59. The Morgan fingerprint density at radius 3 is 2.26 bits per heavy atom. The minimum Gasteiger partial charge on any atom is -0.356 e. The number of carbonyl (C=O) groups excluding carboxylic acids is 1. The second-order valence-corrected chi connectivity index (χ2v) is 7.59. The lowest BCUT2D eigenvalue weighted by atomic mass is 10.1. The van der Waals surface area contributed by atoms with Crippen LogP contribution in [0.1, 0.15) is 31.4 Å². The van der Waals surface area contributed by atoms with E-state index in [-0.39, 0.29) is 29.9 Å². The van der Waals surface area contributed by atoms with Gasteiger partial charge in [-0.15, -0.1) is 24.0 Å². The number of guanidine groups is 1. The molecule has 6 nitrogen and oxygen atoms in total. The molecule has 0 aliphatic carbocycles. The van der Waals surface area contributed by atoms with Crippen LogP contribution < -0.4 is 16.0 Å². The van der Waals surface area contributed by atoms with Gasteiger partial charge in [0.2, 0.25) is 5.91 Å². The summed E-state index contributed by atoms with van der Waals surface area (Å²) in [4.78, 5) is 17.8. The van der Waals surface area contributed by atoms with Gasteiger partial charge in [0.1, 0.15) is 0 Å². The van der Waals surface area contributed by atoms with Crippen LogP contribution in [0.5, 0.6) is 0 Å². The number of carbonyl (C=O) groups is 1. The highest BCUT2D eigenvalue weighted by atomic mass is 127. The number of amides is 1. The summed E-state index contributed by atoms with van der Waals surface area (Å²) in [5.41, 5.74) is 3.37. The van der Waals surface area contributed by atoms with E-state index in [1.807, 2.05) is 24.3 Å². The van der Waals surface area contributed by atoms with Crippen LogP contribution in [-0.4, -0.2) is 50.0 Å². The Bertz CT molecular complexity index is 795. The van der Waals surface area contributed by atoms with Crippen molar-refractivity contribution in [2.24, 2.45) is 4.99 Å². The Labute approximate surface area is 203 Å². The Morgan fingerprint density at radius 2 is 1.65 bits per heavy atom. The number of hydrogen-bond acceptors (Lipinski definition) is 3. The van der Waals surface area contributed by atoms with E-state index in [1.54, 1.807) is 7.05 Å². The van der Waals surface area contributed by atoms with Gasteiger partial charge in [-0.3, -0.25) is 14.7 Å². The van der Waals surface area contributed by atoms with Gasteiger partial charge in [0.15, 0.2) is 5.96 Å². The van der Waals surface area contributed by atoms with Crippen molar-refractivity contribution in [2.75, 3.05) is 32.5 Å². The van der Waals surface area contributed by atoms with Gasteiger partial charge in [0.25, 0.3) is 0 Å². The molecule has 31 heavy (non-hydrogen) atoms. The van der Waals surface area contributed by atoms with Gasteiger partial charge < -0.3 is 16.0 Å². The lowest BCUT2D eigenvalue weighted by molar-refractivity contribution is -0.114. The quantitative estimate of drug-likeness (QED) is 0.245. The van der Waals surface area contributed by atoms with Crippen molar-refractivity contribution >= 4 is 41.5 Å². The van der Waals surface area contributed by atoms with Crippen molar-refractivity contribution in [3.8, 4) is 0 Å². The number of nitrogens with one attached hydrogen (secondary N) is 3. The van der Waals surface area contributed by atoms with E-state index < -0.39 is 0 Å². The molecule has 0 aliphatic rings. The van der Waals surface area contributed by atoms with E-state index in [9.17, 15) is 4.79 Å². The van der Waals surface area contributed by atoms with Crippen LogP contribution >= 0.6 is 24.0 Å². The molecule has 0 aliphatic heterocycles. The fraction of sp³-hybridized carbons (Fsp3) is 0.417. The summed E-state index contributed by atoms with van der Waals surface area (Å²) in [5, 5.41) is 9.55. The average Bonchev–Trinajstić information content (AvgIpc) is 2.74. The van der Waals surface area contributed by atoms with Crippen molar-refractivity contribution in [3.63, 3.8) is 0 Å². The Kier molecular flexibility index (Phi) is 12.8. The molecule has 0 spiro atoms. The first-order chi connectivity index (χ1) is 14.5. The van der Waals surface area contributed by atoms with E-state index in [2.05, 4.69) is 70.1 Å². The summed E-state index contributed by atoms with van der Waals surface area (Å²) in [6, 6.07) is 19.0. The molecular weight excluding hydrogens is 501 g/mol. The minimum atomic E-state index is -0.0557. The third-order valence-electron chi connectivity index (χ3n) is 5.09. The molecule has 170 valence electrons. The lowest BCUT2D eigenvalue weighted by Gasteiger charge is -2.25. The Balaban J connectivity index is 0.00000480. The highest BCUT2D eigenvalue weighted by molar-refractivity contribution is 14.0. The van der Waals surface area contributed by atoms with Gasteiger partial charge in [-0.05, 0) is 50.1 Å². The van der Waals surface area contributed by atoms with Gasteiger partial charge in [0, 0.05) is 45.3 Å². The largest absolute Gasteiger partial charge is 0.356 e. The summed E-state index contributed by atoms with van der Waals surface area (Å²) < 4.78 is 0. The summed E-state index contributed by atoms with van der Waals surface area (Å²) in [6.45, 7) is 6.38. The monoisotopic (exact) mass is 537 g/mol. The zero-order valence-corrected chi connectivity index (χ0v) is 21.4. The van der Waals surface area contributed by atoms with Crippen LogP contribution in [-0.2, 0) is 17.8 Å². The van der Waals surface area contributed by atoms with Crippen LogP contribution in [0.3, 0.4) is 0 Å². The fourth-order valence-electron chi connectivity index (χ4n) is 3.15. The summed E-state index contributed by atoms with van der Waals surface area (Å²) in [5.74, 6) is 0.766. The van der Waals surface area contributed by atoms with E-state index >= 15 is 0 Å². The van der Waals surface area contributed by atoms with Gasteiger partial charge in [-0.2, -0.15) is 0 Å². The molecule has 2 rings (SSSR count). The van der Waals surface area contributed by atoms with E-state index in [1.165, 1.54) is 18.1 Å². The third-order valence-corrected chi connectivity index (χ3v) is 5.09. The number of halogens is 1. The lowest BCUT2D eigenvalue weighted by Crippen LogP contribution is -2.40. The molecule has 0 fully saturated rings. The van der Waals surface area contributed by atoms with Crippen molar-refractivity contribution in [2.45, 2.75) is 39.3 Å². The van der Waals surface area contributed by atoms with Gasteiger partial charge in [-0.1, -0.05) is 42.5 Å².